The van der Waals surface area contributed by atoms with E-state index in [1.807, 2.05) is 6.92 Å². The number of carbonyl (C=O) groups excluding carboxylic acids is 1. The summed E-state index contributed by atoms with van der Waals surface area (Å²) in [6.07, 6.45) is 4.28. The minimum atomic E-state index is -0.449. The van der Waals surface area contributed by atoms with E-state index in [0.29, 0.717) is 11.1 Å². The molecule has 2 rings (SSSR count). The molecule has 7 nitrogen and oxygen atoms in total. The number of hydrogen-bond donors (Lipinski definition) is 1. The zero-order chi connectivity index (χ0) is 15.8. The standard InChI is InChI=1S/C14H17N5O2S/c1-10-9-11(12(20)21-2)19-14(18-10)22-8-4-7-17-13-15-5-3-6-16-13/h3,5-6,9H,4,7-8H2,1-2H3,(H,15,16,17). The van der Waals surface area contributed by atoms with Crippen LogP contribution >= 0.6 is 11.8 Å². The highest BCUT2D eigenvalue weighted by Gasteiger charge is 2.10. The van der Waals surface area contributed by atoms with Gasteiger partial charge in [0.1, 0.15) is 0 Å². The van der Waals surface area contributed by atoms with Crippen LogP contribution in [0.4, 0.5) is 5.95 Å². The van der Waals surface area contributed by atoms with E-state index in [1.54, 1.807) is 24.5 Å². The van der Waals surface area contributed by atoms with Crippen LogP contribution in [0.2, 0.25) is 0 Å². The summed E-state index contributed by atoms with van der Waals surface area (Å²) in [5.41, 5.74) is 1.03. The number of esters is 1. The molecular formula is C14H17N5O2S. The molecule has 0 saturated heterocycles. The number of carbonyl (C=O) groups is 1. The normalized spacial score (nSPS) is 10.3. The lowest BCUT2D eigenvalue weighted by Gasteiger charge is -2.05. The molecule has 2 aromatic heterocycles. The summed E-state index contributed by atoms with van der Waals surface area (Å²) in [6, 6.07) is 3.39. The van der Waals surface area contributed by atoms with Crippen molar-refractivity contribution < 1.29 is 9.53 Å². The predicted molar refractivity (Wildman–Crippen MR) is 84.0 cm³/mol. The van der Waals surface area contributed by atoms with Crippen molar-refractivity contribution in [1.82, 2.24) is 19.9 Å². The summed E-state index contributed by atoms with van der Waals surface area (Å²) in [7, 11) is 1.34. The fourth-order valence-corrected chi connectivity index (χ4v) is 2.48. The van der Waals surface area contributed by atoms with Gasteiger partial charge in [0.15, 0.2) is 10.9 Å². The number of ether oxygens (including phenoxy) is 1. The Kier molecular flexibility index (Phi) is 6.08. The summed E-state index contributed by atoms with van der Waals surface area (Å²) >= 11 is 1.50. The van der Waals surface area contributed by atoms with E-state index < -0.39 is 5.97 Å². The van der Waals surface area contributed by atoms with Gasteiger partial charge in [0.05, 0.1) is 7.11 Å². The highest BCUT2D eigenvalue weighted by molar-refractivity contribution is 7.99. The van der Waals surface area contributed by atoms with Crippen molar-refractivity contribution in [3.8, 4) is 0 Å². The Balaban J connectivity index is 1.79. The van der Waals surface area contributed by atoms with Gasteiger partial charge in [-0.2, -0.15) is 0 Å². The van der Waals surface area contributed by atoms with Crippen molar-refractivity contribution in [3.63, 3.8) is 0 Å². The zero-order valence-electron chi connectivity index (χ0n) is 12.4. The van der Waals surface area contributed by atoms with E-state index in [-0.39, 0.29) is 5.69 Å². The summed E-state index contributed by atoms with van der Waals surface area (Å²) in [4.78, 5) is 28.2. The molecular weight excluding hydrogens is 302 g/mol. The lowest BCUT2D eigenvalue weighted by molar-refractivity contribution is 0.0592. The molecule has 8 heteroatoms. The van der Waals surface area contributed by atoms with Gasteiger partial charge >= 0.3 is 5.97 Å². The fourth-order valence-electron chi connectivity index (χ4n) is 1.64. The average Bonchev–Trinajstić information content (AvgIpc) is 2.54. The number of nitrogens with one attached hydrogen (secondary N) is 1. The zero-order valence-corrected chi connectivity index (χ0v) is 13.3. The molecule has 2 aromatic rings. The Morgan fingerprint density at radius 3 is 2.82 bits per heavy atom. The number of rotatable bonds is 7. The molecule has 0 radical (unpaired) electrons. The first-order chi connectivity index (χ1) is 10.7. The predicted octanol–water partition coefficient (Wildman–Crippen LogP) is 1.96. The highest BCUT2D eigenvalue weighted by Crippen LogP contribution is 2.15. The largest absolute Gasteiger partial charge is 0.464 e. The van der Waals surface area contributed by atoms with Crippen molar-refractivity contribution in [2.45, 2.75) is 18.5 Å². The molecule has 0 aliphatic carbocycles. The van der Waals surface area contributed by atoms with Crippen molar-refractivity contribution in [2.24, 2.45) is 0 Å². The number of hydrogen-bond acceptors (Lipinski definition) is 8. The van der Waals surface area contributed by atoms with Crippen LogP contribution in [0.1, 0.15) is 22.6 Å². The molecule has 0 aromatic carbocycles. The SMILES string of the molecule is COC(=O)c1cc(C)nc(SCCCNc2ncccn2)n1. The van der Waals surface area contributed by atoms with E-state index in [2.05, 4.69) is 30.0 Å². The molecule has 0 saturated carbocycles. The minimum Gasteiger partial charge on any atom is -0.464 e. The Labute approximate surface area is 133 Å². The van der Waals surface area contributed by atoms with E-state index in [1.165, 1.54) is 18.9 Å². The van der Waals surface area contributed by atoms with Gasteiger partial charge in [-0.1, -0.05) is 11.8 Å². The van der Waals surface area contributed by atoms with E-state index in [9.17, 15) is 4.79 Å². The summed E-state index contributed by atoms with van der Waals surface area (Å²) in [5, 5.41) is 3.71. The van der Waals surface area contributed by atoms with Gasteiger partial charge in [-0.3, -0.25) is 0 Å². The van der Waals surface area contributed by atoms with Crippen LogP contribution in [-0.4, -0.2) is 45.3 Å². The van der Waals surface area contributed by atoms with Crippen LogP contribution < -0.4 is 5.32 Å². The van der Waals surface area contributed by atoms with Crippen molar-refractivity contribution >= 4 is 23.7 Å². The number of aromatic nitrogens is 4. The van der Waals surface area contributed by atoms with Gasteiger partial charge in [0.2, 0.25) is 5.95 Å². The Hall–Kier alpha value is -2.22. The van der Waals surface area contributed by atoms with Gasteiger partial charge < -0.3 is 10.1 Å². The third-order valence-electron chi connectivity index (χ3n) is 2.63. The second kappa shape index (κ2) is 8.28. The fraction of sp³-hybridized carbons (Fsp3) is 0.357. The third-order valence-corrected chi connectivity index (χ3v) is 3.56. The molecule has 0 fully saturated rings. The van der Waals surface area contributed by atoms with Crippen molar-refractivity contribution in [1.29, 1.82) is 0 Å². The summed E-state index contributed by atoms with van der Waals surface area (Å²) in [6.45, 7) is 2.58. The van der Waals surface area contributed by atoms with Crippen molar-refractivity contribution in [3.05, 3.63) is 35.9 Å². The van der Waals surface area contributed by atoms with Crippen LogP contribution in [0.15, 0.2) is 29.7 Å². The third kappa shape index (κ3) is 4.96. The molecule has 2 heterocycles. The molecule has 1 N–H and O–H groups in total. The molecule has 116 valence electrons. The van der Waals surface area contributed by atoms with Crippen LogP contribution in [0.25, 0.3) is 0 Å². The number of nitrogens with zero attached hydrogens (tertiary/aromatic N) is 4. The Morgan fingerprint density at radius 1 is 1.32 bits per heavy atom. The topological polar surface area (TPSA) is 89.9 Å². The summed E-state index contributed by atoms with van der Waals surface area (Å²) < 4.78 is 4.68. The van der Waals surface area contributed by atoms with E-state index in [4.69, 9.17) is 0 Å². The quantitative estimate of drug-likeness (QED) is 0.358. The smallest absolute Gasteiger partial charge is 0.356 e. The van der Waals surface area contributed by atoms with Crippen LogP contribution in [0, 0.1) is 6.92 Å². The van der Waals surface area contributed by atoms with Crippen molar-refractivity contribution in [2.75, 3.05) is 24.7 Å². The Bertz CT molecular complexity index is 624. The number of aryl methyl sites for hydroxylation is 1. The number of methoxy groups -OCH3 is 1. The number of anilines is 1. The van der Waals surface area contributed by atoms with E-state index in [0.717, 1.165) is 24.4 Å². The monoisotopic (exact) mass is 319 g/mol. The molecule has 0 unspecified atom stereocenters. The van der Waals surface area contributed by atoms with Gasteiger partial charge in [-0.05, 0) is 25.5 Å². The molecule has 0 aliphatic rings. The van der Waals surface area contributed by atoms with Gasteiger partial charge in [0.25, 0.3) is 0 Å². The Morgan fingerprint density at radius 2 is 2.09 bits per heavy atom. The lowest BCUT2D eigenvalue weighted by atomic mass is 10.3. The molecule has 0 atom stereocenters. The summed E-state index contributed by atoms with van der Waals surface area (Å²) in [5.74, 6) is 0.992. The van der Waals surface area contributed by atoms with E-state index >= 15 is 0 Å². The highest BCUT2D eigenvalue weighted by atomic mass is 32.2. The molecule has 22 heavy (non-hydrogen) atoms. The maximum Gasteiger partial charge on any atom is 0.356 e. The first-order valence-electron chi connectivity index (χ1n) is 6.76. The number of thioether (sulfide) groups is 1. The van der Waals surface area contributed by atoms with Crippen LogP contribution in [0.5, 0.6) is 0 Å². The molecule has 0 amide bonds. The first-order valence-corrected chi connectivity index (χ1v) is 7.75. The molecule has 0 spiro atoms. The minimum absolute atomic E-state index is 0.285. The average molecular weight is 319 g/mol. The maximum atomic E-state index is 11.5. The van der Waals surface area contributed by atoms with Gasteiger partial charge in [-0.25, -0.2) is 24.7 Å². The van der Waals surface area contributed by atoms with Gasteiger partial charge in [-0.15, -0.1) is 0 Å². The molecule has 0 bridgehead atoms. The first kappa shape index (κ1) is 16.2. The maximum absolute atomic E-state index is 11.5. The molecule has 0 aliphatic heterocycles. The van der Waals surface area contributed by atoms with Crippen LogP contribution in [-0.2, 0) is 4.74 Å². The second-order valence-electron chi connectivity index (χ2n) is 4.37. The second-order valence-corrected chi connectivity index (χ2v) is 5.43. The lowest BCUT2D eigenvalue weighted by Crippen LogP contribution is -2.08. The van der Waals surface area contributed by atoms with Crippen LogP contribution in [0.3, 0.4) is 0 Å². The van der Waals surface area contributed by atoms with Gasteiger partial charge in [0, 0.05) is 30.4 Å².